The monoisotopic (exact) mass is 401 g/mol. The van der Waals surface area contributed by atoms with E-state index in [0.29, 0.717) is 22.5 Å². The molecule has 2 aromatic heterocycles. The second-order valence-corrected chi connectivity index (χ2v) is 6.66. The van der Waals surface area contributed by atoms with Gasteiger partial charge in [0.1, 0.15) is 22.7 Å². The van der Waals surface area contributed by atoms with Crippen LogP contribution in [0.25, 0.3) is 11.0 Å². The van der Waals surface area contributed by atoms with Gasteiger partial charge in [0.05, 0.1) is 19.0 Å². The van der Waals surface area contributed by atoms with Crippen LogP contribution in [0, 0.1) is 0 Å². The standard InChI is InChI=1S/C23H19N3O4/c1-30-17-11-9-16(10-12-17)25-22(28)19-20(27)18-8-5-13-24-21(18)26(23(19)29)14-15-6-3-2-4-7-15/h2-13,27H,14H2,1H3,(H,25,28). The molecule has 150 valence electrons. The third kappa shape index (κ3) is 3.60. The Morgan fingerprint density at radius 1 is 1.07 bits per heavy atom. The Kier molecular flexibility index (Phi) is 5.17. The lowest BCUT2D eigenvalue weighted by molar-refractivity contribution is 0.102. The minimum absolute atomic E-state index is 0.219. The van der Waals surface area contributed by atoms with Gasteiger partial charge in [0.2, 0.25) is 0 Å². The maximum Gasteiger partial charge on any atom is 0.269 e. The molecule has 4 rings (SSSR count). The number of carbonyl (C=O) groups excluding carboxylic acids is 1. The Morgan fingerprint density at radius 3 is 2.50 bits per heavy atom. The van der Waals surface area contributed by atoms with Crippen LogP contribution < -0.4 is 15.6 Å². The summed E-state index contributed by atoms with van der Waals surface area (Å²) in [7, 11) is 1.55. The average molecular weight is 401 g/mol. The number of rotatable bonds is 5. The molecule has 0 unspecified atom stereocenters. The van der Waals surface area contributed by atoms with E-state index in [1.165, 1.54) is 4.57 Å². The van der Waals surface area contributed by atoms with Gasteiger partial charge in [0, 0.05) is 11.9 Å². The highest BCUT2D eigenvalue weighted by molar-refractivity contribution is 6.08. The third-order valence-corrected chi connectivity index (χ3v) is 4.75. The van der Waals surface area contributed by atoms with Gasteiger partial charge in [0.15, 0.2) is 0 Å². The minimum Gasteiger partial charge on any atom is -0.506 e. The van der Waals surface area contributed by atoms with Gasteiger partial charge in [-0.3, -0.25) is 14.2 Å². The smallest absolute Gasteiger partial charge is 0.269 e. The first-order valence-corrected chi connectivity index (χ1v) is 9.28. The topological polar surface area (TPSA) is 93.4 Å². The van der Waals surface area contributed by atoms with E-state index in [1.54, 1.807) is 49.7 Å². The average Bonchev–Trinajstić information content (AvgIpc) is 2.78. The largest absolute Gasteiger partial charge is 0.506 e. The predicted octanol–water partition coefficient (Wildman–Crippen LogP) is 3.41. The first kappa shape index (κ1) is 19.2. The Balaban J connectivity index is 1.80. The summed E-state index contributed by atoms with van der Waals surface area (Å²) in [5.41, 5.74) is 0.708. The molecule has 0 saturated carbocycles. The number of hydrogen-bond donors (Lipinski definition) is 2. The van der Waals surface area contributed by atoms with Gasteiger partial charge in [-0.05, 0) is 42.0 Å². The quantitative estimate of drug-likeness (QED) is 0.535. The van der Waals surface area contributed by atoms with Crippen molar-refractivity contribution in [3.63, 3.8) is 0 Å². The molecule has 30 heavy (non-hydrogen) atoms. The number of carbonyl (C=O) groups is 1. The van der Waals surface area contributed by atoms with Crippen LogP contribution in [0.5, 0.6) is 11.5 Å². The maximum atomic E-state index is 13.2. The third-order valence-electron chi connectivity index (χ3n) is 4.75. The zero-order chi connectivity index (χ0) is 21.1. The van der Waals surface area contributed by atoms with Gasteiger partial charge in [0.25, 0.3) is 11.5 Å². The van der Waals surface area contributed by atoms with Crippen molar-refractivity contribution in [1.82, 2.24) is 9.55 Å². The fourth-order valence-electron chi connectivity index (χ4n) is 3.25. The Hall–Kier alpha value is -4.13. The number of hydrogen-bond acceptors (Lipinski definition) is 5. The Bertz CT molecular complexity index is 1270. The van der Waals surface area contributed by atoms with Crippen molar-refractivity contribution < 1.29 is 14.6 Å². The zero-order valence-electron chi connectivity index (χ0n) is 16.2. The van der Waals surface area contributed by atoms with E-state index in [9.17, 15) is 14.7 Å². The van der Waals surface area contributed by atoms with Crippen molar-refractivity contribution in [3.05, 3.63) is 94.4 Å². The van der Waals surface area contributed by atoms with Crippen LogP contribution in [0.15, 0.2) is 77.7 Å². The molecule has 7 nitrogen and oxygen atoms in total. The molecule has 0 saturated heterocycles. The number of benzene rings is 2. The molecule has 0 spiro atoms. The van der Waals surface area contributed by atoms with Gasteiger partial charge in [-0.1, -0.05) is 30.3 Å². The van der Waals surface area contributed by atoms with E-state index >= 15 is 0 Å². The summed E-state index contributed by atoms with van der Waals surface area (Å²) in [5, 5.41) is 13.7. The van der Waals surface area contributed by atoms with Crippen molar-refractivity contribution in [2.24, 2.45) is 0 Å². The lowest BCUT2D eigenvalue weighted by Gasteiger charge is -2.14. The summed E-state index contributed by atoms with van der Waals surface area (Å²) in [6, 6.07) is 19.3. The Morgan fingerprint density at radius 2 is 1.80 bits per heavy atom. The number of aromatic hydroxyl groups is 1. The lowest BCUT2D eigenvalue weighted by Crippen LogP contribution is -2.30. The SMILES string of the molecule is COc1ccc(NC(=O)c2c(O)c3cccnc3n(Cc3ccccc3)c2=O)cc1. The number of pyridine rings is 2. The van der Waals surface area contributed by atoms with Crippen molar-refractivity contribution in [2.75, 3.05) is 12.4 Å². The Labute approximate surface area is 172 Å². The summed E-state index contributed by atoms with van der Waals surface area (Å²) >= 11 is 0. The van der Waals surface area contributed by atoms with Crippen molar-refractivity contribution in [3.8, 4) is 11.5 Å². The molecule has 2 aromatic carbocycles. The summed E-state index contributed by atoms with van der Waals surface area (Å²) in [6.07, 6.45) is 1.54. The fourth-order valence-corrected chi connectivity index (χ4v) is 3.25. The number of ether oxygens (including phenoxy) is 1. The maximum absolute atomic E-state index is 13.2. The molecule has 0 bridgehead atoms. The molecule has 7 heteroatoms. The number of nitrogens with zero attached hydrogens (tertiary/aromatic N) is 2. The summed E-state index contributed by atoms with van der Waals surface area (Å²) < 4.78 is 6.50. The highest BCUT2D eigenvalue weighted by Gasteiger charge is 2.23. The van der Waals surface area contributed by atoms with Gasteiger partial charge < -0.3 is 15.2 Å². The molecule has 2 N–H and O–H groups in total. The summed E-state index contributed by atoms with van der Waals surface area (Å²) in [5.74, 6) is -0.452. The van der Waals surface area contributed by atoms with Crippen LogP contribution in [0.4, 0.5) is 5.69 Å². The number of aromatic nitrogens is 2. The van der Waals surface area contributed by atoms with E-state index in [0.717, 1.165) is 5.56 Å². The van der Waals surface area contributed by atoms with Gasteiger partial charge in [-0.15, -0.1) is 0 Å². The van der Waals surface area contributed by atoms with Crippen LogP contribution in [0.2, 0.25) is 0 Å². The van der Waals surface area contributed by atoms with Crippen LogP contribution in [-0.4, -0.2) is 27.7 Å². The molecule has 0 atom stereocenters. The molecular formula is C23H19N3O4. The van der Waals surface area contributed by atoms with Gasteiger partial charge in [-0.2, -0.15) is 0 Å². The zero-order valence-corrected chi connectivity index (χ0v) is 16.2. The van der Waals surface area contributed by atoms with Crippen molar-refractivity contribution in [1.29, 1.82) is 0 Å². The first-order chi connectivity index (χ1) is 14.6. The molecule has 2 heterocycles. The number of nitrogens with one attached hydrogen (secondary N) is 1. The van der Waals surface area contributed by atoms with Crippen molar-refractivity contribution in [2.45, 2.75) is 6.54 Å². The van der Waals surface area contributed by atoms with E-state index in [2.05, 4.69) is 10.3 Å². The van der Waals surface area contributed by atoms with Crippen LogP contribution >= 0.6 is 0 Å². The van der Waals surface area contributed by atoms with E-state index < -0.39 is 17.2 Å². The van der Waals surface area contributed by atoms with E-state index in [-0.39, 0.29) is 12.1 Å². The molecule has 0 aliphatic heterocycles. The number of anilines is 1. The predicted molar refractivity (Wildman–Crippen MR) is 114 cm³/mol. The number of amides is 1. The van der Waals surface area contributed by atoms with Gasteiger partial charge in [-0.25, -0.2) is 4.98 Å². The molecule has 0 fully saturated rings. The molecule has 0 radical (unpaired) electrons. The second kappa shape index (κ2) is 8.08. The highest BCUT2D eigenvalue weighted by Crippen LogP contribution is 2.26. The number of methoxy groups -OCH3 is 1. The lowest BCUT2D eigenvalue weighted by atomic mass is 10.1. The van der Waals surface area contributed by atoms with Crippen LogP contribution in [0.3, 0.4) is 0 Å². The van der Waals surface area contributed by atoms with Crippen LogP contribution in [-0.2, 0) is 6.54 Å². The molecule has 0 aliphatic rings. The minimum atomic E-state index is -0.699. The number of fused-ring (bicyclic) bond motifs is 1. The molecule has 0 aliphatic carbocycles. The molecular weight excluding hydrogens is 382 g/mol. The molecule has 1 amide bonds. The second-order valence-electron chi connectivity index (χ2n) is 6.66. The van der Waals surface area contributed by atoms with E-state index in [4.69, 9.17) is 4.74 Å². The highest BCUT2D eigenvalue weighted by atomic mass is 16.5. The fraction of sp³-hybridized carbons (Fsp3) is 0.0870. The summed E-state index contributed by atoms with van der Waals surface area (Å²) in [6.45, 7) is 0.219. The van der Waals surface area contributed by atoms with Crippen molar-refractivity contribution >= 4 is 22.6 Å². The van der Waals surface area contributed by atoms with Crippen LogP contribution in [0.1, 0.15) is 15.9 Å². The molecule has 4 aromatic rings. The van der Waals surface area contributed by atoms with Gasteiger partial charge >= 0.3 is 0 Å². The normalized spacial score (nSPS) is 10.7. The first-order valence-electron chi connectivity index (χ1n) is 9.28. The van der Waals surface area contributed by atoms with E-state index in [1.807, 2.05) is 30.3 Å². The summed E-state index contributed by atoms with van der Waals surface area (Å²) in [4.78, 5) is 30.4.